The summed E-state index contributed by atoms with van der Waals surface area (Å²) in [6.45, 7) is 9.27. The molecule has 0 bridgehead atoms. The molecule has 2 N–H and O–H groups in total. The third-order valence-electron chi connectivity index (χ3n) is 3.67. The van der Waals surface area contributed by atoms with Crippen LogP contribution in [-0.2, 0) is 9.47 Å². The smallest absolute Gasteiger partial charge is 0.0897 e. The van der Waals surface area contributed by atoms with Gasteiger partial charge in [-0.05, 0) is 51.5 Å². The van der Waals surface area contributed by atoms with Crippen molar-refractivity contribution < 1.29 is 14.6 Å². The van der Waals surface area contributed by atoms with Gasteiger partial charge < -0.3 is 19.9 Å². The second kappa shape index (κ2) is 10.6. The average Bonchev–Trinajstić information content (AvgIpc) is 2.42. The first kappa shape index (κ1) is 17.9. The molecule has 3 unspecified atom stereocenters. The number of aliphatic hydroxyl groups excluding tert-OH is 1. The highest BCUT2D eigenvalue weighted by molar-refractivity contribution is 4.66. The molecule has 20 heavy (non-hydrogen) atoms. The molecular weight excluding hydrogens is 254 g/mol. The molecule has 0 aromatic heterocycles. The molecule has 1 saturated heterocycles. The molecule has 120 valence electrons. The SMILES string of the molecule is CC(C)CC(C)OCC(O)CNCCC1CCCCO1. The van der Waals surface area contributed by atoms with Crippen LogP contribution >= 0.6 is 0 Å². The number of aliphatic hydroxyl groups is 1. The Balaban J connectivity index is 1.95. The van der Waals surface area contributed by atoms with Gasteiger partial charge in [0, 0.05) is 13.2 Å². The first-order valence-corrected chi connectivity index (χ1v) is 8.20. The highest BCUT2D eigenvalue weighted by Gasteiger charge is 2.13. The van der Waals surface area contributed by atoms with Gasteiger partial charge in [0.1, 0.15) is 0 Å². The average molecular weight is 287 g/mol. The molecule has 0 aromatic rings. The van der Waals surface area contributed by atoms with Gasteiger partial charge in [-0.25, -0.2) is 0 Å². The molecule has 0 amide bonds. The van der Waals surface area contributed by atoms with Crippen LogP contribution in [-0.4, -0.2) is 49.7 Å². The fourth-order valence-corrected chi connectivity index (χ4v) is 2.63. The van der Waals surface area contributed by atoms with Crippen molar-refractivity contribution in [1.29, 1.82) is 0 Å². The molecule has 0 aromatic carbocycles. The summed E-state index contributed by atoms with van der Waals surface area (Å²) in [6.07, 6.45) is 5.97. The molecule has 1 heterocycles. The molecule has 1 aliphatic rings. The zero-order valence-corrected chi connectivity index (χ0v) is 13.4. The van der Waals surface area contributed by atoms with Crippen molar-refractivity contribution in [1.82, 2.24) is 5.32 Å². The van der Waals surface area contributed by atoms with Gasteiger partial charge in [0.05, 0.1) is 24.9 Å². The van der Waals surface area contributed by atoms with Crippen LogP contribution in [0.15, 0.2) is 0 Å². The maximum absolute atomic E-state index is 9.85. The summed E-state index contributed by atoms with van der Waals surface area (Å²) in [5, 5.41) is 13.1. The normalized spacial score (nSPS) is 22.9. The van der Waals surface area contributed by atoms with E-state index < -0.39 is 6.10 Å². The summed E-state index contributed by atoms with van der Waals surface area (Å²) >= 11 is 0. The van der Waals surface area contributed by atoms with E-state index in [-0.39, 0.29) is 6.10 Å². The maximum Gasteiger partial charge on any atom is 0.0897 e. The minimum Gasteiger partial charge on any atom is -0.389 e. The Morgan fingerprint density at radius 2 is 2.10 bits per heavy atom. The van der Waals surface area contributed by atoms with E-state index in [0.29, 0.717) is 25.2 Å². The van der Waals surface area contributed by atoms with E-state index in [0.717, 1.165) is 26.0 Å². The molecule has 4 heteroatoms. The zero-order chi connectivity index (χ0) is 14.8. The molecule has 0 radical (unpaired) electrons. The summed E-state index contributed by atoms with van der Waals surface area (Å²) in [4.78, 5) is 0. The zero-order valence-electron chi connectivity index (χ0n) is 13.4. The van der Waals surface area contributed by atoms with Gasteiger partial charge in [0.25, 0.3) is 0 Å². The summed E-state index contributed by atoms with van der Waals surface area (Å²) in [6, 6.07) is 0. The number of ether oxygens (including phenoxy) is 2. The molecule has 0 spiro atoms. The second-order valence-corrected chi connectivity index (χ2v) is 6.41. The summed E-state index contributed by atoms with van der Waals surface area (Å²) in [5.74, 6) is 0.635. The monoisotopic (exact) mass is 287 g/mol. The van der Waals surface area contributed by atoms with E-state index in [9.17, 15) is 5.11 Å². The van der Waals surface area contributed by atoms with E-state index in [1.54, 1.807) is 0 Å². The van der Waals surface area contributed by atoms with Crippen LogP contribution in [0.3, 0.4) is 0 Å². The van der Waals surface area contributed by atoms with Crippen LogP contribution in [0.2, 0.25) is 0 Å². The molecule has 1 aliphatic heterocycles. The Bertz CT molecular complexity index is 230. The Morgan fingerprint density at radius 1 is 1.30 bits per heavy atom. The van der Waals surface area contributed by atoms with Crippen molar-refractivity contribution in [3.8, 4) is 0 Å². The summed E-state index contributed by atoms with van der Waals surface area (Å²) < 4.78 is 11.3. The molecule has 3 atom stereocenters. The van der Waals surface area contributed by atoms with Gasteiger partial charge >= 0.3 is 0 Å². The molecule has 1 rings (SSSR count). The Morgan fingerprint density at radius 3 is 2.75 bits per heavy atom. The topological polar surface area (TPSA) is 50.7 Å². The minimum atomic E-state index is -0.420. The quantitative estimate of drug-likeness (QED) is 0.606. The van der Waals surface area contributed by atoms with Gasteiger partial charge in [-0.15, -0.1) is 0 Å². The Hall–Kier alpha value is -0.160. The maximum atomic E-state index is 9.85. The third-order valence-corrected chi connectivity index (χ3v) is 3.67. The highest BCUT2D eigenvalue weighted by Crippen LogP contribution is 2.14. The van der Waals surface area contributed by atoms with Gasteiger partial charge in [-0.2, -0.15) is 0 Å². The molecular formula is C16H33NO3. The van der Waals surface area contributed by atoms with Crippen molar-refractivity contribution in [3.05, 3.63) is 0 Å². The van der Waals surface area contributed by atoms with Crippen LogP contribution in [0.4, 0.5) is 0 Å². The number of hydrogen-bond acceptors (Lipinski definition) is 4. The molecule has 4 nitrogen and oxygen atoms in total. The summed E-state index contributed by atoms with van der Waals surface area (Å²) in [5.41, 5.74) is 0. The van der Waals surface area contributed by atoms with Crippen molar-refractivity contribution in [2.75, 3.05) is 26.3 Å². The van der Waals surface area contributed by atoms with E-state index in [2.05, 4.69) is 26.1 Å². The lowest BCUT2D eigenvalue weighted by atomic mass is 10.1. The van der Waals surface area contributed by atoms with E-state index in [1.165, 1.54) is 19.3 Å². The highest BCUT2D eigenvalue weighted by atomic mass is 16.5. The molecule has 1 fully saturated rings. The standard InChI is InChI=1S/C16H33NO3/c1-13(2)10-14(3)20-12-15(18)11-17-8-7-16-6-4-5-9-19-16/h13-18H,4-12H2,1-3H3. The largest absolute Gasteiger partial charge is 0.389 e. The van der Waals surface area contributed by atoms with Crippen molar-refractivity contribution >= 4 is 0 Å². The van der Waals surface area contributed by atoms with Crippen molar-refractivity contribution in [2.45, 2.75) is 71.2 Å². The Kier molecular flexibility index (Phi) is 9.44. The summed E-state index contributed by atoms with van der Waals surface area (Å²) in [7, 11) is 0. The van der Waals surface area contributed by atoms with Crippen LogP contribution in [0, 0.1) is 5.92 Å². The van der Waals surface area contributed by atoms with Gasteiger partial charge in [-0.1, -0.05) is 13.8 Å². The van der Waals surface area contributed by atoms with Gasteiger partial charge in [-0.3, -0.25) is 0 Å². The van der Waals surface area contributed by atoms with Gasteiger partial charge in [0.15, 0.2) is 0 Å². The van der Waals surface area contributed by atoms with E-state index in [1.807, 2.05) is 0 Å². The third kappa shape index (κ3) is 8.90. The Labute approximate surface area is 124 Å². The minimum absolute atomic E-state index is 0.222. The lowest BCUT2D eigenvalue weighted by Gasteiger charge is -2.23. The van der Waals surface area contributed by atoms with Gasteiger partial charge in [0.2, 0.25) is 0 Å². The predicted octanol–water partition coefficient (Wildman–Crippen LogP) is 2.35. The number of hydrogen-bond donors (Lipinski definition) is 2. The lowest BCUT2D eigenvalue weighted by Crippen LogP contribution is -2.34. The van der Waals surface area contributed by atoms with Crippen LogP contribution in [0.5, 0.6) is 0 Å². The first-order chi connectivity index (χ1) is 9.58. The lowest BCUT2D eigenvalue weighted by molar-refractivity contribution is -0.01000. The number of rotatable bonds is 10. The number of nitrogens with one attached hydrogen (secondary N) is 1. The van der Waals surface area contributed by atoms with Crippen LogP contribution in [0.1, 0.15) is 52.9 Å². The van der Waals surface area contributed by atoms with Crippen molar-refractivity contribution in [3.63, 3.8) is 0 Å². The van der Waals surface area contributed by atoms with E-state index >= 15 is 0 Å². The van der Waals surface area contributed by atoms with Crippen LogP contribution in [0.25, 0.3) is 0 Å². The first-order valence-electron chi connectivity index (χ1n) is 8.20. The molecule has 0 saturated carbocycles. The van der Waals surface area contributed by atoms with Crippen LogP contribution < -0.4 is 5.32 Å². The van der Waals surface area contributed by atoms with E-state index in [4.69, 9.17) is 9.47 Å². The molecule has 0 aliphatic carbocycles. The predicted molar refractivity (Wildman–Crippen MR) is 82.0 cm³/mol. The van der Waals surface area contributed by atoms with Crippen molar-refractivity contribution in [2.24, 2.45) is 5.92 Å². The fraction of sp³-hybridized carbons (Fsp3) is 1.00. The second-order valence-electron chi connectivity index (χ2n) is 6.41. The fourth-order valence-electron chi connectivity index (χ4n) is 2.63.